The first kappa shape index (κ1) is 9.85. The molecule has 0 radical (unpaired) electrons. The van der Waals surface area contributed by atoms with E-state index in [1.165, 1.54) is 6.33 Å². The number of hydrogen-bond acceptors (Lipinski definition) is 4. The standard InChI is InChI=1S/C9H9N3O2S/c1-8-2-4-9(5-3-8)15(13,14)12-7-10-6-11-12/h2-7H,1H3. The van der Waals surface area contributed by atoms with Crippen LogP contribution >= 0.6 is 0 Å². The first-order valence-corrected chi connectivity index (χ1v) is 5.71. The second-order valence-electron chi connectivity index (χ2n) is 3.09. The van der Waals surface area contributed by atoms with Gasteiger partial charge in [0.25, 0.3) is 10.0 Å². The minimum Gasteiger partial charge on any atom is -0.222 e. The van der Waals surface area contributed by atoms with E-state index in [0.29, 0.717) is 0 Å². The van der Waals surface area contributed by atoms with Crippen molar-refractivity contribution >= 4 is 10.0 Å². The molecule has 0 aliphatic carbocycles. The Hall–Kier alpha value is -1.69. The van der Waals surface area contributed by atoms with Crippen molar-refractivity contribution in [3.05, 3.63) is 42.5 Å². The molecule has 78 valence electrons. The second kappa shape index (κ2) is 3.47. The van der Waals surface area contributed by atoms with Crippen LogP contribution in [0.3, 0.4) is 0 Å². The Morgan fingerprint density at radius 2 is 1.87 bits per heavy atom. The molecule has 0 N–H and O–H groups in total. The molecule has 1 aromatic heterocycles. The molecule has 5 nitrogen and oxygen atoms in total. The van der Waals surface area contributed by atoms with Crippen LogP contribution in [0.4, 0.5) is 0 Å². The van der Waals surface area contributed by atoms with E-state index in [1.54, 1.807) is 24.3 Å². The first-order valence-electron chi connectivity index (χ1n) is 4.27. The fourth-order valence-electron chi connectivity index (χ4n) is 1.14. The van der Waals surface area contributed by atoms with E-state index in [9.17, 15) is 8.42 Å². The normalized spacial score (nSPS) is 11.5. The summed E-state index contributed by atoms with van der Waals surface area (Å²) in [6.07, 6.45) is 2.35. The Morgan fingerprint density at radius 3 is 2.40 bits per heavy atom. The topological polar surface area (TPSA) is 64.8 Å². The number of rotatable bonds is 2. The second-order valence-corrected chi connectivity index (χ2v) is 4.88. The molecule has 0 unspecified atom stereocenters. The quantitative estimate of drug-likeness (QED) is 0.756. The molecule has 0 bridgehead atoms. The Balaban J connectivity index is 2.52. The summed E-state index contributed by atoms with van der Waals surface area (Å²) in [7, 11) is -3.57. The van der Waals surface area contributed by atoms with Gasteiger partial charge in [-0.1, -0.05) is 17.7 Å². The molecule has 0 aliphatic heterocycles. The molecule has 0 spiro atoms. The van der Waals surface area contributed by atoms with Gasteiger partial charge in [-0.3, -0.25) is 0 Å². The molecule has 0 amide bonds. The summed E-state index contributed by atoms with van der Waals surface area (Å²) in [5.74, 6) is 0. The number of aryl methyl sites for hydroxylation is 1. The molecule has 0 atom stereocenters. The van der Waals surface area contributed by atoms with Gasteiger partial charge in [0.15, 0.2) is 0 Å². The average Bonchev–Trinajstić information content (AvgIpc) is 2.71. The third kappa shape index (κ3) is 1.75. The monoisotopic (exact) mass is 223 g/mol. The summed E-state index contributed by atoms with van der Waals surface area (Å²) >= 11 is 0. The molecule has 6 heteroatoms. The van der Waals surface area contributed by atoms with Crippen LogP contribution in [0.1, 0.15) is 5.56 Å². The lowest BCUT2D eigenvalue weighted by Gasteiger charge is -2.03. The van der Waals surface area contributed by atoms with Gasteiger partial charge in [0.2, 0.25) is 0 Å². The number of aromatic nitrogens is 3. The van der Waals surface area contributed by atoms with Crippen LogP contribution in [0.2, 0.25) is 0 Å². The molecule has 2 rings (SSSR count). The molecule has 2 aromatic rings. The zero-order chi connectivity index (χ0) is 10.9. The van der Waals surface area contributed by atoms with E-state index in [2.05, 4.69) is 10.1 Å². The Labute approximate surface area is 87.4 Å². The van der Waals surface area contributed by atoms with Crippen molar-refractivity contribution in [3.63, 3.8) is 0 Å². The van der Waals surface area contributed by atoms with Crippen molar-refractivity contribution in [3.8, 4) is 0 Å². The number of benzene rings is 1. The summed E-state index contributed by atoms with van der Waals surface area (Å²) in [5.41, 5.74) is 1.01. The van der Waals surface area contributed by atoms with Gasteiger partial charge in [0.05, 0.1) is 4.90 Å². The van der Waals surface area contributed by atoms with E-state index in [-0.39, 0.29) is 4.90 Å². The highest BCUT2D eigenvalue weighted by Gasteiger charge is 2.16. The van der Waals surface area contributed by atoms with Crippen LogP contribution in [-0.2, 0) is 10.0 Å². The van der Waals surface area contributed by atoms with Crippen LogP contribution in [-0.4, -0.2) is 22.6 Å². The van der Waals surface area contributed by atoms with Gasteiger partial charge < -0.3 is 0 Å². The van der Waals surface area contributed by atoms with E-state index in [0.717, 1.165) is 16.0 Å². The van der Waals surface area contributed by atoms with Gasteiger partial charge in [-0.05, 0) is 19.1 Å². The number of hydrogen-bond donors (Lipinski definition) is 0. The maximum Gasteiger partial charge on any atom is 0.284 e. The highest BCUT2D eigenvalue weighted by Crippen LogP contribution is 2.12. The average molecular weight is 223 g/mol. The molecular formula is C9H9N3O2S. The van der Waals surface area contributed by atoms with Crippen molar-refractivity contribution in [2.75, 3.05) is 0 Å². The summed E-state index contributed by atoms with van der Waals surface area (Å²) in [6.45, 7) is 1.89. The van der Waals surface area contributed by atoms with E-state index in [1.807, 2.05) is 6.92 Å². The van der Waals surface area contributed by atoms with Gasteiger partial charge in [0.1, 0.15) is 12.7 Å². The molecule has 15 heavy (non-hydrogen) atoms. The molecular weight excluding hydrogens is 214 g/mol. The lowest BCUT2D eigenvalue weighted by atomic mass is 10.2. The van der Waals surface area contributed by atoms with Gasteiger partial charge >= 0.3 is 0 Å². The van der Waals surface area contributed by atoms with Crippen LogP contribution in [0, 0.1) is 6.92 Å². The lowest BCUT2D eigenvalue weighted by Crippen LogP contribution is -2.13. The first-order chi connectivity index (χ1) is 7.10. The maximum absolute atomic E-state index is 11.9. The van der Waals surface area contributed by atoms with Crippen LogP contribution in [0.25, 0.3) is 0 Å². The summed E-state index contributed by atoms with van der Waals surface area (Å²) < 4.78 is 24.6. The molecule has 1 heterocycles. The van der Waals surface area contributed by atoms with E-state index >= 15 is 0 Å². The minimum absolute atomic E-state index is 0.207. The summed E-state index contributed by atoms with van der Waals surface area (Å²) in [6, 6.07) is 6.58. The van der Waals surface area contributed by atoms with Crippen molar-refractivity contribution in [1.29, 1.82) is 0 Å². The van der Waals surface area contributed by atoms with Crippen LogP contribution in [0.5, 0.6) is 0 Å². The van der Waals surface area contributed by atoms with Crippen LogP contribution < -0.4 is 0 Å². The smallest absolute Gasteiger partial charge is 0.222 e. The predicted octanol–water partition coefficient (Wildman–Crippen LogP) is 0.824. The molecule has 0 saturated heterocycles. The van der Waals surface area contributed by atoms with Crippen molar-refractivity contribution in [2.45, 2.75) is 11.8 Å². The molecule has 1 aromatic carbocycles. The van der Waals surface area contributed by atoms with Gasteiger partial charge in [-0.25, -0.2) is 4.98 Å². The minimum atomic E-state index is -3.57. The van der Waals surface area contributed by atoms with Crippen molar-refractivity contribution < 1.29 is 8.42 Å². The third-order valence-electron chi connectivity index (χ3n) is 1.96. The van der Waals surface area contributed by atoms with Crippen molar-refractivity contribution in [1.82, 2.24) is 14.2 Å². The van der Waals surface area contributed by atoms with E-state index in [4.69, 9.17) is 0 Å². The highest BCUT2D eigenvalue weighted by molar-refractivity contribution is 7.89. The van der Waals surface area contributed by atoms with Gasteiger partial charge in [-0.15, -0.1) is 9.19 Å². The SMILES string of the molecule is Cc1ccc(S(=O)(=O)n2cncn2)cc1. The predicted molar refractivity (Wildman–Crippen MR) is 53.8 cm³/mol. The van der Waals surface area contributed by atoms with Crippen LogP contribution in [0.15, 0.2) is 41.8 Å². The fourth-order valence-corrected chi connectivity index (χ4v) is 2.18. The third-order valence-corrected chi connectivity index (χ3v) is 3.51. The zero-order valence-corrected chi connectivity index (χ0v) is 8.85. The fraction of sp³-hybridized carbons (Fsp3) is 0.111. The summed E-state index contributed by atoms with van der Waals surface area (Å²) in [5, 5.41) is 3.60. The Kier molecular flexibility index (Phi) is 2.28. The summed E-state index contributed by atoms with van der Waals surface area (Å²) in [4.78, 5) is 3.81. The number of nitrogens with zero attached hydrogens (tertiary/aromatic N) is 3. The molecule has 0 saturated carbocycles. The molecule has 0 fully saturated rings. The molecule has 0 aliphatic rings. The lowest BCUT2D eigenvalue weighted by molar-refractivity contribution is 0.580. The van der Waals surface area contributed by atoms with Gasteiger partial charge in [0, 0.05) is 0 Å². The zero-order valence-electron chi connectivity index (χ0n) is 8.03. The van der Waals surface area contributed by atoms with Gasteiger partial charge in [-0.2, -0.15) is 8.42 Å². The Morgan fingerprint density at radius 1 is 1.20 bits per heavy atom. The largest absolute Gasteiger partial charge is 0.284 e. The maximum atomic E-state index is 11.9. The highest BCUT2D eigenvalue weighted by atomic mass is 32.2. The van der Waals surface area contributed by atoms with Crippen molar-refractivity contribution in [2.24, 2.45) is 0 Å². The Bertz CT molecular complexity index is 544. The van der Waals surface area contributed by atoms with E-state index < -0.39 is 10.0 Å².